The highest BCUT2D eigenvalue weighted by Gasteiger charge is 2.52. The van der Waals surface area contributed by atoms with Crippen LogP contribution in [-0.2, 0) is 19.4 Å². The van der Waals surface area contributed by atoms with E-state index in [1.165, 1.54) is 35.9 Å². The van der Waals surface area contributed by atoms with E-state index in [1.54, 1.807) is 12.1 Å². The van der Waals surface area contributed by atoms with Crippen LogP contribution in [-0.4, -0.2) is 55.3 Å². The predicted octanol–water partition coefficient (Wildman–Crippen LogP) is 3.30. The lowest BCUT2D eigenvalue weighted by Gasteiger charge is -2.34. The maximum absolute atomic E-state index is 13.3. The van der Waals surface area contributed by atoms with Crippen LogP contribution in [0.1, 0.15) is 25.7 Å². The molecule has 1 aromatic carbocycles. The van der Waals surface area contributed by atoms with Crippen molar-refractivity contribution in [2.75, 3.05) is 19.8 Å². The van der Waals surface area contributed by atoms with E-state index >= 15 is 0 Å². The fourth-order valence-electron chi connectivity index (χ4n) is 3.55. The highest BCUT2D eigenvalue weighted by molar-refractivity contribution is 7.93. The molecule has 12 heteroatoms. The highest BCUT2D eigenvalue weighted by atomic mass is 32.2. The van der Waals surface area contributed by atoms with Crippen molar-refractivity contribution in [2.24, 2.45) is 0 Å². The van der Waals surface area contributed by atoms with E-state index in [2.05, 4.69) is 4.98 Å². The second-order valence-corrected chi connectivity index (χ2v) is 9.78. The Morgan fingerprint density at radius 2 is 1.82 bits per heavy atom. The number of sulfone groups is 1. The first-order valence-electron chi connectivity index (χ1n) is 10.1. The smallest absolute Gasteiger partial charge is 0.389 e. The summed E-state index contributed by atoms with van der Waals surface area (Å²) in [7, 11) is -4.14. The molecule has 0 bridgehead atoms. The fraction of sp³-hybridized carbons (Fsp3) is 0.429. The minimum Gasteiger partial charge on any atom is -0.492 e. The molecule has 2 N–H and O–H groups in total. The molecule has 2 aromatic rings. The number of aromatic nitrogens is 1. The summed E-state index contributed by atoms with van der Waals surface area (Å²) in [5, 5.41) is 9.11. The van der Waals surface area contributed by atoms with Crippen molar-refractivity contribution in [2.45, 2.75) is 41.5 Å². The molecule has 0 aliphatic carbocycles. The van der Waals surface area contributed by atoms with Gasteiger partial charge in [-0.1, -0.05) is 12.1 Å². The molecule has 1 saturated heterocycles. The Morgan fingerprint density at radius 1 is 1.15 bits per heavy atom. The topological polar surface area (TPSA) is 115 Å². The van der Waals surface area contributed by atoms with Crippen LogP contribution in [0.4, 0.5) is 13.2 Å². The third-order valence-corrected chi connectivity index (χ3v) is 7.92. The first-order chi connectivity index (χ1) is 15.6. The van der Waals surface area contributed by atoms with Crippen molar-refractivity contribution in [3.8, 4) is 17.0 Å². The number of carbonyl (C=O) groups is 1. The van der Waals surface area contributed by atoms with Gasteiger partial charge in [0.05, 0.1) is 23.4 Å². The summed E-state index contributed by atoms with van der Waals surface area (Å²) in [5.74, 6) is -0.682. The maximum atomic E-state index is 13.3. The number of hydrogen-bond donors (Lipinski definition) is 2. The van der Waals surface area contributed by atoms with E-state index in [0.29, 0.717) is 17.0 Å². The average Bonchev–Trinajstić information content (AvgIpc) is 2.81. The summed E-state index contributed by atoms with van der Waals surface area (Å²) in [6, 6.07) is 8.93. The van der Waals surface area contributed by atoms with Crippen LogP contribution in [0.15, 0.2) is 47.5 Å². The summed E-state index contributed by atoms with van der Waals surface area (Å²) in [4.78, 5) is 16.4. The van der Waals surface area contributed by atoms with Crippen molar-refractivity contribution < 1.29 is 41.1 Å². The van der Waals surface area contributed by atoms with E-state index in [0.717, 1.165) is 0 Å². The third kappa shape index (κ3) is 5.63. The number of carbonyl (C=O) groups excluding carboxylic acids is 1. The van der Waals surface area contributed by atoms with Crippen molar-refractivity contribution in [1.29, 1.82) is 0 Å². The van der Waals surface area contributed by atoms with E-state index < -0.39 is 33.1 Å². The molecule has 0 unspecified atom stereocenters. The second kappa shape index (κ2) is 10.1. The van der Waals surface area contributed by atoms with Crippen molar-refractivity contribution >= 4 is 15.7 Å². The molecule has 1 aromatic heterocycles. The van der Waals surface area contributed by atoms with Gasteiger partial charge in [-0.15, -0.1) is 0 Å². The first kappa shape index (κ1) is 24.9. The van der Waals surface area contributed by atoms with Gasteiger partial charge in [0.1, 0.15) is 5.75 Å². The maximum Gasteiger partial charge on any atom is 0.389 e. The van der Waals surface area contributed by atoms with Gasteiger partial charge in [0, 0.05) is 25.2 Å². The lowest BCUT2D eigenvalue weighted by atomic mass is 9.98. The Bertz CT molecular complexity index is 1050. The number of hydrogen-bond acceptors (Lipinski definition) is 7. The Balaban J connectivity index is 1.72. The zero-order chi connectivity index (χ0) is 24.1. The number of hydroxylamine groups is 1. The Labute approximate surface area is 188 Å². The van der Waals surface area contributed by atoms with Gasteiger partial charge in [0.2, 0.25) is 0 Å². The number of halogens is 3. The van der Waals surface area contributed by atoms with Gasteiger partial charge in [0.25, 0.3) is 5.91 Å². The summed E-state index contributed by atoms with van der Waals surface area (Å²) < 4.78 is 71.6. The second-order valence-electron chi connectivity index (χ2n) is 7.52. The Kier molecular flexibility index (Phi) is 7.60. The molecule has 33 heavy (non-hydrogen) atoms. The number of nitrogens with zero attached hydrogens (tertiary/aromatic N) is 1. The molecule has 3 rings (SSSR count). The summed E-state index contributed by atoms with van der Waals surface area (Å²) >= 11 is 0. The number of rotatable bonds is 8. The number of pyridine rings is 1. The van der Waals surface area contributed by atoms with Gasteiger partial charge < -0.3 is 9.47 Å². The molecule has 1 fully saturated rings. The SMILES string of the molecule is O=C(NO)C1(S(=O)(=O)c2ccc(-c3ccc(OCCCC(F)(F)F)cn3)cc2)CCOCC1. The molecule has 0 atom stereocenters. The zero-order valence-corrected chi connectivity index (χ0v) is 18.3. The lowest BCUT2D eigenvalue weighted by Crippen LogP contribution is -2.54. The Hall–Kier alpha value is -2.70. The standard InChI is InChI=1S/C21H23F3N2O6S/c22-21(23,24)8-1-11-32-16-4-7-18(25-14-16)15-2-5-17(6-3-15)33(29,30)20(19(27)26-28)9-12-31-13-10-20/h2-7,14,28H,1,8-13H2,(H,26,27). The van der Waals surface area contributed by atoms with E-state index in [1.807, 2.05) is 0 Å². The van der Waals surface area contributed by atoms with Crippen LogP contribution in [0, 0.1) is 0 Å². The summed E-state index contributed by atoms with van der Waals surface area (Å²) in [6.07, 6.45) is -4.12. The molecule has 1 aliphatic rings. The molecule has 0 spiro atoms. The summed E-state index contributed by atoms with van der Waals surface area (Å²) in [5.41, 5.74) is 2.55. The number of amides is 1. The van der Waals surface area contributed by atoms with Crippen molar-refractivity contribution in [1.82, 2.24) is 10.5 Å². The van der Waals surface area contributed by atoms with Crippen LogP contribution >= 0.6 is 0 Å². The number of alkyl halides is 3. The molecular weight excluding hydrogens is 465 g/mol. The highest BCUT2D eigenvalue weighted by Crippen LogP contribution is 2.36. The molecular formula is C21H23F3N2O6S. The van der Waals surface area contributed by atoms with Gasteiger partial charge in [-0.05, 0) is 43.5 Å². The molecule has 1 aliphatic heterocycles. The number of nitrogens with one attached hydrogen (secondary N) is 1. The predicted molar refractivity (Wildman–Crippen MR) is 110 cm³/mol. The Morgan fingerprint density at radius 3 is 2.36 bits per heavy atom. The van der Waals surface area contributed by atoms with Crippen LogP contribution in [0.5, 0.6) is 5.75 Å². The molecule has 8 nitrogen and oxygen atoms in total. The van der Waals surface area contributed by atoms with Gasteiger partial charge in [0.15, 0.2) is 14.6 Å². The van der Waals surface area contributed by atoms with Crippen LogP contribution in [0.2, 0.25) is 0 Å². The van der Waals surface area contributed by atoms with E-state index in [-0.39, 0.29) is 44.0 Å². The van der Waals surface area contributed by atoms with Crippen LogP contribution in [0.3, 0.4) is 0 Å². The monoisotopic (exact) mass is 488 g/mol. The van der Waals surface area contributed by atoms with Gasteiger partial charge in [-0.3, -0.25) is 15.0 Å². The van der Waals surface area contributed by atoms with Crippen LogP contribution < -0.4 is 10.2 Å². The molecule has 1 amide bonds. The van der Waals surface area contributed by atoms with Gasteiger partial charge in [-0.25, -0.2) is 13.9 Å². The molecule has 180 valence electrons. The average molecular weight is 488 g/mol. The van der Waals surface area contributed by atoms with E-state index in [4.69, 9.17) is 14.7 Å². The summed E-state index contributed by atoms with van der Waals surface area (Å²) in [6.45, 7) is 0.0415. The minimum absolute atomic E-state index is 0.0687. The van der Waals surface area contributed by atoms with Crippen molar-refractivity contribution in [3.05, 3.63) is 42.6 Å². The normalized spacial score (nSPS) is 16.2. The van der Waals surface area contributed by atoms with Crippen LogP contribution in [0.25, 0.3) is 11.3 Å². The van der Waals surface area contributed by atoms with Gasteiger partial charge in [-0.2, -0.15) is 13.2 Å². The lowest BCUT2D eigenvalue weighted by molar-refractivity contribution is -0.136. The minimum atomic E-state index is -4.22. The first-order valence-corrected chi connectivity index (χ1v) is 11.6. The number of ether oxygens (including phenoxy) is 2. The van der Waals surface area contributed by atoms with Gasteiger partial charge >= 0.3 is 6.18 Å². The quantitative estimate of drug-likeness (QED) is 0.333. The largest absolute Gasteiger partial charge is 0.492 e. The number of benzene rings is 1. The van der Waals surface area contributed by atoms with Crippen molar-refractivity contribution in [3.63, 3.8) is 0 Å². The zero-order valence-electron chi connectivity index (χ0n) is 17.5. The third-order valence-electron chi connectivity index (χ3n) is 5.40. The fourth-order valence-corrected chi connectivity index (χ4v) is 5.49. The molecule has 0 saturated carbocycles. The molecule has 2 heterocycles. The van der Waals surface area contributed by atoms with E-state index in [9.17, 15) is 26.4 Å². The molecule has 0 radical (unpaired) electrons.